The summed E-state index contributed by atoms with van der Waals surface area (Å²) in [5.74, 6) is 1.89. The van der Waals surface area contributed by atoms with Gasteiger partial charge in [0.1, 0.15) is 11.9 Å². The molecule has 0 radical (unpaired) electrons. The third-order valence-corrected chi connectivity index (χ3v) is 8.20. The summed E-state index contributed by atoms with van der Waals surface area (Å²) in [6.45, 7) is 1.84. The molecule has 2 aromatic heterocycles. The van der Waals surface area contributed by atoms with Crippen molar-refractivity contribution in [2.75, 3.05) is 11.5 Å². The van der Waals surface area contributed by atoms with E-state index in [4.69, 9.17) is 0 Å². The smallest absolute Gasteiger partial charge is 0.191 e. The summed E-state index contributed by atoms with van der Waals surface area (Å²) < 4.78 is 27.1. The number of nitriles is 1. The van der Waals surface area contributed by atoms with E-state index in [2.05, 4.69) is 21.4 Å². The maximum absolute atomic E-state index is 11.7. The highest BCUT2D eigenvalue weighted by Crippen LogP contribution is 2.28. The Morgan fingerprint density at radius 1 is 1.27 bits per heavy atom. The molecule has 1 atom stereocenters. The number of aromatic nitrogens is 5. The number of thioether (sulfide) groups is 1. The van der Waals surface area contributed by atoms with Crippen LogP contribution in [0.3, 0.4) is 0 Å². The van der Waals surface area contributed by atoms with Crippen LogP contribution in [0.4, 0.5) is 0 Å². The highest BCUT2D eigenvalue weighted by Gasteiger charge is 2.29. The van der Waals surface area contributed by atoms with Crippen LogP contribution in [-0.4, -0.2) is 44.5 Å². The lowest BCUT2D eigenvalue weighted by Gasteiger charge is -2.09. The van der Waals surface area contributed by atoms with Gasteiger partial charge in [0.25, 0.3) is 0 Å². The minimum absolute atomic E-state index is 0.100. The molecule has 1 unspecified atom stereocenters. The van der Waals surface area contributed by atoms with E-state index >= 15 is 0 Å². The Bertz CT molecular complexity index is 1210. The van der Waals surface area contributed by atoms with Gasteiger partial charge in [-0.1, -0.05) is 30.0 Å². The van der Waals surface area contributed by atoms with Crippen molar-refractivity contribution in [3.63, 3.8) is 0 Å². The van der Waals surface area contributed by atoms with Crippen molar-refractivity contribution >= 4 is 21.6 Å². The molecule has 156 valence electrons. The lowest BCUT2D eigenvalue weighted by Crippen LogP contribution is -2.11. The molecule has 0 saturated carbocycles. The van der Waals surface area contributed by atoms with Crippen LogP contribution in [0, 0.1) is 24.2 Å². The zero-order valence-electron chi connectivity index (χ0n) is 16.8. The number of benzene rings is 1. The molecule has 1 aliphatic heterocycles. The van der Waals surface area contributed by atoms with Crippen LogP contribution in [0.2, 0.25) is 0 Å². The minimum atomic E-state index is -2.91. The Balaban J connectivity index is 1.53. The second kappa shape index (κ2) is 8.24. The normalized spacial score (nSPS) is 17.8. The summed E-state index contributed by atoms with van der Waals surface area (Å²) in [6.07, 6.45) is 1.28. The van der Waals surface area contributed by atoms with Crippen LogP contribution >= 0.6 is 11.8 Å². The first kappa shape index (κ1) is 20.6. The summed E-state index contributed by atoms with van der Waals surface area (Å²) in [4.78, 5) is 0. The van der Waals surface area contributed by atoms with Crippen LogP contribution in [-0.2, 0) is 29.1 Å². The van der Waals surface area contributed by atoms with Crippen LogP contribution < -0.4 is 0 Å². The van der Waals surface area contributed by atoms with E-state index < -0.39 is 9.84 Å². The molecule has 10 heteroatoms. The Morgan fingerprint density at radius 2 is 2.03 bits per heavy atom. The lowest BCUT2D eigenvalue weighted by atomic mass is 10.1. The Morgan fingerprint density at radius 3 is 2.70 bits per heavy atom. The number of nitrogens with zero attached hydrogens (tertiary/aromatic N) is 6. The standard InChI is InChI=1S/C20H22N6O2S2/c1-14-17(11-21)18(26(24-14)16-6-4-3-5-7-16)12-29-20-23-22-19(25(20)2)10-15-8-9-30(27,28)13-15/h3-7,15H,8-10,12-13H2,1-2H3. The number of sulfone groups is 1. The summed E-state index contributed by atoms with van der Waals surface area (Å²) in [5, 5.41) is 23.5. The Labute approximate surface area is 179 Å². The quantitative estimate of drug-likeness (QED) is 0.540. The van der Waals surface area contributed by atoms with Gasteiger partial charge in [-0.15, -0.1) is 10.2 Å². The van der Waals surface area contributed by atoms with Crippen molar-refractivity contribution in [2.45, 2.75) is 30.7 Å². The first-order valence-electron chi connectivity index (χ1n) is 9.63. The van der Waals surface area contributed by atoms with E-state index in [0.717, 1.165) is 22.4 Å². The topological polar surface area (TPSA) is 106 Å². The van der Waals surface area contributed by atoms with E-state index in [0.29, 0.717) is 29.9 Å². The summed E-state index contributed by atoms with van der Waals surface area (Å²) in [6, 6.07) is 12.0. The van der Waals surface area contributed by atoms with Gasteiger partial charge in [-0.25, -0.2) is 13.1 Å². The molecule has 1 aliphatic rings. The predicted molar refractivity (Wildman–Crippen MR) is 114 cm³/mol. The van der Waals surface area contributed by atoms with Crippen molar-refractivity contribution in [2.24, 2.45) is 13.0 Å². The van der Waals surface area contributed by atoms with Crippen LogP contribution in [0.5, 0.6) is 0 Å². The fourth-order valence-electron chi connectivity index (χ4n) is 3.71. The summed E-state index contributed by atoms with van der Waals surface area (Å²) >= 11 is 1.49. The van der Waals surface area contributed by atoms with E-state index in [1.165, 1.54) is 11.8 Å². The van der Waals surface area contributed by atoms with Gasteiger partial charge in [-0.2, -0.15) is 10.4 Å². The van der Waals surface area contributed by atoms with E-state index in [1.54, 1.807) is 0 Å². The molecule has 8 nitrogen and oxygen atoms in total. The van der Waals surface area contributed by atoms with Crippen LogP contribution in [0.15, 0.2) is 35.5 Å². The number of rotatable bonds is 6. The molecule has 1 fully saturated rings. The van der Waals surface area contributed by atoms with Crippen molar-refractivity contribution in [1.82, 2.24) is 24.5 Å². The van der Waals surface area contributed by atoms with Gasteiger partial charge in [0.05, 0.1) is 34.1 Å². The molecule has 0 spiro atoms. The van der Waals surface area contributed by atoms with E-state index in [-0.39, 0.29) is 17.4 Å². The van der Waals surface area contributed by atoms with Gasteiger partial charge in [0.2, 0.25) is 0 Å². The summed E-state index contributed by atoms with van der Waals surface area (Å²) in [7, 11) is -1.01. The molecule has 0 bridgehead atoms. The molecule has 3 heterocycles. The van der Waals surface area contributed by atoms with Crippen molar-refractivity contribution in [3.8, 4) is 11.8 Å². The fourth-order valence-corrected chi connectivity index (χ4v) is 6.50. The van der Waals surface area contributed by atoms with Crippen LogP contribution in [0.25, 0.3) is 5.69 Å². The molecule has 4 rings (SSSR count). The number of para-hydroxylation sites is 1. The molecular formula is C20H22N6O2S2. The molecule has 30 heavy (non-hydrogen) atoms. The first-order valence-corrected chi connectivity index (χ1v) is 12.4. The zero-order valence-corrected chi connectivity index (χ0v) is 18.4. The SMILES string of the molecule is Cc1nn(-c2ccccc2)c(CSc2nnc(CC3CCS(=O)(=O)C3)n2C)c1C#N. The fraction of sp³-hybridized carbons (Fsp3) is 0.400. The number of hydrogen-bond acceptors (Lipinski definition) is 7. The van der Waals surface area contributed by atoms with Gasteiger partial charge >= 0.3 is 0 Å². The molecule has 0 aliphatic carbocycles. The average Bonchev–Trinajstić information content (AvgIpc) is 3.36. The second-order valence-corrected chi connectivity index (χ2v) is 10.7. The van der Waals surface area contributed by atoms with Gasteiger partial charge in [-0.05, 0) is 31.4 Å². The predicted octanol–water partition coefficient (Wildman–Crippen LogP) is 2.45. The molecule has 1 saturated heterocycles. The van der Waals surface area contributed by atoms with E-state index in [9.17, 15) is 13.7 Å². The summed E-state index contributed by atoms with van der Waals surface area (Å²) in [5.41, 5.74) is 2.99. The van der Waals surface area contributed by atoms with E-state index in [1.807, 2.05) is 53.6 Å². The van der Waals surface area contributed by atoms with Crippen LogP contribution in [0.1, 0.15) is 29.2 Å². The number of aryl methyl sites for hydroxylation is 1. The lowest BCUT2D eigenvalue weighted by molar-refractivity contribution is 0.552. The van der Waals surface area contributed by atoms with Gasteiger partial charge < -0.3 is 4.57 Å². The monoisotopic (exact) mass is 442 g/mol. The van der Waals surface area contributed by atoms with Crippen molar-refractivity contribution in [3.05, 3.63) is 53.1 Å². The van der Waals surface area contributed by atoms with Gasteiger partial charge in [0, 0.05) is 19.2 Å². The third kappa shape index (κ3) is 4.13. The maximum atomic E-state index is 11.7. The highest BCUT2D eigenvalue weighted by atomic mass is 32.2. The molecular weight excluding hydrogens is 420 g/mol. The van der Waals surface area contributed by atoms with Crippen molar-refractivity contribution in [1.29, 1.82) is 5.26 Å². The third-order valence-electron chi connectivity index (χ3n) is 5.33. The highest BCUT2D eigenvalue weighted by molar-refractivity contribution is 7.98. The number of hydrogen-bond donors (Lipinski definition) is 0. The zero-order chi connectivity index (χ0) is 21.3. The molecule has 0 amide bonds. The van der Waals surface area contributed by atoms with Gasteiger partial charge in [0.15, 0.2) is 15.0 Å². The average molecular weight is 443 g/mol. The maximum Gasteiger partial charge on any atom is 0.191 e. The van der Waals surface area contributed by atoms with Gasteiger partial charge in [-0.3, -0.25) is 0 Å². The first-order chi connectivity index (χ1) is 14.4. The largest absolute Gasteiger partial charge is 0.309 e. The Kier molecular flexibility index (Phi) is 5.66. The second-order valence-electron chi connectivity index (χ2n) is 7.49. The molecule has 1 aromatic carbocycles. The molecule has 0 N–H and O–H groups in total. The molecule has 3 aromatic rings. The Hall–Kier alpha value is -2.64. The minimum Gasteiger partial charge on any atom is -0.309 e. The van der Waals surface area contributed by atoms with Crippen molar-refractivity contribution < 1.29 is 8.42 Å².